The van der Waals surface area contributed by atoms with E-state index in [1.807, 2.05) is 12.1 Å². The zero-order valence-corrected chi connectivity index (χ0v) is 36.9. The summed E-state index contributed by atoms with van der Waals surface area (Å²) in [7, 11) is -4.11. The van der Waals surface area contributed by atoms with E-state index in [0.29, 0.717) is 18.0 Å². The van der Waals surface area contributed by atoms with Gasteiger partial charge in [-0.3, -0.25) is 4.55 Å². The van der Waals surface area contributed by atoms with Gasteiger partial charge >= 0.3 is 0 Å². The van der Waals surface area contributed by atoms with Crippen LogP contribution in [0.3, 0.4) is 0 Å². The lowest BCUT2D eigenvalue weighted by Gasteiger charge is -2.28. The Balaban J connectivity index is 1.24. The Morgan fingerprint density at radius 2 is 1.51 bits per heavy atom. The maximum absolute atomic E-state index is 11.8. The zero-order chi connectivity index (χ0) is 42.9. The van der Waals surface area contributed by atoms with E-state index in [9.17, 15) is 13.0 Å². The van der Waals surface area contributed by atoms with Crippen molar-refractivity contribution >= 4 is 72.1 Å². The van der Waals surface area contributed by atoms with Crippen LogP contribution in [0.25, 0.3) is 27.1 Å². The summed E-state index contributed by atoms with van der Waals surface area (Å²) in [5.74, 6) is 0.338. The van der Waals surface area contributed by atoms with Gasteiger partial charge in [-0.1, -0.05) is 97.8 Å². The van der Waals surface area contributed by atoms with Gasteiger partial charge in [0.15, 0.2) is 5.71 Å². The molecule has 9 nitrogen and oxygen atoms in total. The predicted molar refractivity (Wildman–Crippen MR) is 251 cm³/mol. The van der Waals surface area contributed by atoms with Crippen molar-refractivity contribution in [2.75, 3.05) is 35.2 Å². The van der Waals surface area contributed by atoms with Gasteiger partial charge in [0.25, 0.3) is 10.1 Å². The monoisotopic (exact) mass is 856 g/mol. The minimum atomic E-state index is -4.11. The molecule has 0 saturated carbocycles. The molecule has 5 aromatic carbocycles. The molecule has 0 amide bonds. The highest BCUT2D eigenvalue weighted by Crippen LogP contribution is 2.51. The Morgan fingerprint density at radius 3 is 2.21 bits per heavy atom. The van der Waals surface area contributed by atoms with E-state index in [1.54, 1.807) is 0 Å². The molecule has 2 aliphatic heterocycles. The highest BCUT2D eigenvalue weighted by molar-refractivity contribution is 7.94. The van der Waals surface area contributed by atoms with E-state index >= 15 is 0 Å². The molecule has 8 rings (SSSR count). The number of allylic oxidation sites excluding steroid dienone is 8. The van der Waals surface area contributed by atoms with Gasteiger partial charge in [0, 0.05) is 71.0 Å². The fourth-order valence-electron chi connectivity index (χ4n) is 9.93. The van der Waals surface area contributed by atoms with Crippen molar-refractivity contribution in [1.29, 1.82) is 0 Å². The van der Waals surface area contributed by atoms with E-state index in [0.717, 1.165) is 66.6 Å². The van der Waals surface area contributed by atoms with Crippen LogP contribution in [0, 0.1) is 0 Å². The summed E-state index contributed by atoms with van der Waals surface area (Å²) in [5.41, 5.74) is 18.1. The van der Waals surface area contributed by atoms with Crippen LogP contribution >= 0.6 is 12.0 Å². The Kier molecular flexibility index (Phi) is 12.2. The van der Waals surface area contributed by atoms with Gasteiger partial charge in [-0.15, -0.1) is 4.33 Å². The van der Waals surface area contributed by atoms with Crippen LogP contribution in [0.5, 0.6) is 0 Å². The van der Waals surface area contributed by atoms with Crippen molar-refractivity contribution in [2.24, 2.45) is 0 Å². The topological polar surface area (TPSA) is 125 Å². The second-order valence-electron chi connectivity index (χ2n) is 17.2. The standard InChI is InChI=1S/C50H53N3O6S2/c1-49(2)44(52(30-10-32-60-59-58-54)42-26-20-34-12-5-7-16-40(34)47(42)49)28-22-36-14-9-15-37(46(36)38-18-24-39(51)25-19-38)23-29-45-50(3,4)48-41-17-8-6-13-35(41)21-27-43(48)53(45)31-11-33-61(55,56)57/h5-8,12-13,16-29,51H,9-11,14-15,30-33H2,1-4H3,(H2,54,55,56,57)/p+1/b37-23+,45-29+. The first kappa shape index (κ1) is 42.7. The van der Waals surface area contributed by atoms with Crippen molar-refractivity contribution in [3.05, 3.63) is 155 Å². The molecule has 5 aromatic rings. The first-order valence-electron chi connectivity index (χ1n) is 21.0. The summed E-state index contributed by atoms with van der Waals surface area (Å²) in [6.07, 6.45) is 13.0. The molecule has 0 bridgehead atoms. The van der Waals surface area contributed by atoms with Gasteiger partial charge in [0.05, 0.1) is 11.2 Å². The maximum Gasteiger partial charge on any atom is 0.264 e. The van der Waals surface area contributed by atoms with E-state index in [4.69, 9.17) is 15.3 Å². The molecule has 11 heteroatoms. The number of nitrogen functional groups attached to an aromatic ring is 1. The molecule has 316 valence electrons. The van der Waals surface area contributed by atoms with Gasteiger partial charge in [-0.05, 0) is 119 Å². The lowest BCUT2D eigenvalue weighted by Crippen LogP contribution is -2.28. The number of nitrogens with zero attached hydrogens (tertiary/aromatic N) is 2. The molecule has 0 atom stereocenters. The van der Waals surface area contributed by atoms with Crippen LogP contribution in [0.15, 0.2) is 138 Å². The number of anilines is 2. The molecule has 2 heterocycles. The average molecular weight is 857 g/mol. The number of fused-ring (bicyclic) bond motifs is 6. The van der Waals surface area contributed by atoms with E-state index in [1.165, 1.54) is 55.4 Å². The van der Waals surface area contributed by atoms with Gasteiger partial charge in [0.1, 0.15) is 6.54 Å². The average Bonchev–Trinajstić information content (AvgIpc) is 3.59. The fraction of sp³-hybridized carbons (Fsp3) is 0.300. The van der Waals surface area contributed by atoms with E-state index < -0.39 is 15.5 Å². The Hall–Kier alpha value is -5.01. The third-order valence-corrected chi connectivity index (χ3v) is 14.0. The highest BCUT2D eigenvalue weighted by Gasteiger charge is 2.45. The summed E-state index contributed by atoms with van der Waals surface area (Å²) in [5, 5.41) is 17.3. The van der Waals surface area contributed by atoms with E-state index in [2.05, 4.69) is 151 Å². The van der Waals surface area contributed by atoms with Crippen LogP contribution in [-0.2, 0) is 30.3 Å². The third-order valence-electron chi connectivity index (χ3n) is 12.6. The lowest BCUT2D eigenvalue weighted by atomic mass is 9.78. The summed E-state index contributed by atoms with van der Waals surface area (Å²) in [6.45, 7) is 10.3. The molecule has 0 fully saturated rings. The molecular formula is C50H54N3O6S2+. The molecule has 0 saturated heterocycles. The van der Waals surface area contributed by atoms with E-state index in [-0.39, 0.29) is 17.6 Å². The molecule has 0 unspecified atom stereocenters. The smallest absolute Gasteiger partial charge is 0.264 e. The first-order valence-corrected chi connectivity index (χ1v) is 23.5. The Bertz CT molecular complexity index is 2770. The van der Waals surface area contributed by atoms with Gasteiger partial charge in [0.2, 0.25) is 5.69 Å². The normalized spacial score (nSPS) is 18.7. The summed E-state index contributed by atoms with van der Waals surface area (Å²) in [4.78, 5) is 2.25. The largest absolute Gasteiger partial charge is 0.399 e. The lowest BCUT2D eigenvalue weighted by molar-refractivity contribution is -0.438. The minimum absolute atomic E-state index is 0.288. The molecule has 61 heavy (non-hydrogen) atoms. The summed E-state index contributed by atoms with van der Waals surface area (Å²) >= 11 is 1.08. The van der Waals surface area contributed by atoms with Crippen molar-refractivity contribution in [3.8, 4) is 0 Å². The summed E-state index contributed by atoms with van der Waals surface area (Å²) < 4.78 is 40.5. The highest BCUT2D eigenvalue weighted by atomic mass is 32.2. The van der Waals surface area contributed by atoms with Crippen LogP contribution < -0.4 is 10.6 Å². The molecule has 1 aliphatic carbocycles. The number of hydrogen-bond acceptors (Lipinski definition) is 8. The zero-order valence-electron chi connectivity index (χ0n) is 35.2. The van der Waals surface area contributed by atoms with Crippen molar-refractivity contribution in [3.63, 3.8) is 0 Å². The molecule has 3 aliphatic rings. The van der Waals surface area contributed by atoms with Crippen LogP contribution in [0.4, 0.5) is 17.1 Å². The molecular weight excluding hydrogens is 803 g/mol. The summed E-state index contributed by atoms with van der Waals surface area (Å²) in [6, 6.07) is 33.9. The minimum Gasteiger partial charge on any atom is -0.399 e. The predicted octanol–water partition coefficient (Wildman–Crippen LogP) is 11.5. The maximum atomic E-state index is 11.8. The van der Waals surface area contributed by atoms with Crippen molar-refractivity contribution in [1.82, 2.24) is 0 Å². The van der Waals surface area contributed by atoms with Crippen LogP contribution in [0.2, 0.25) is 0 Å². The van der Waals surface area contributed by atoms with Crippen LogP contribution in [-0.4, -0.2) is 53.1 Å². The Morgan fingerprint density at radius 1 is 0.820 bits per heavy atom. The third kappa shape index (κ3) is 8.47. The number of nitrogens with two attached hydrogens (primary N) is 1. The number of benzene rings is 5. The number of rotatable bonds is 14. The first-order chi connectivity index (χ1) is 29.3. The molecule has 0 aromatic heterocycles. The molecule has 0 spiro atoms. The molecule has 0 radical (unpaired) electrons. The second-order valence-corrected chi connectivity index (χ2v) is 19.6. The molecule has 4 N–H and O–H groups in total. The quantitative estimate of drug-likeness (QED) is 0.0190. The van der Waals surface area contributed by atoms with Crippen LogP contribution in [0.1, 0.15) is 76.5 Å². The Labute approximate surface area is 363 Å². The van der Waals surface area contributed by atoms with Crippen molar-refractivity contribution in [2.45, 2.75) is 70.6 Å². The van der Waals surface area contributed by atoms with Gasteiger partial charge < -0.3 is 10.6 Å². The number of hydrogen-bond donors (Lipinski definition) is 3. The second kappa shape index (κ2) is 17.4. The van der Waals surface area contributed by atoms with Gasteiger partial charge in [-0.2, -0.15) is 13.0 Å². The van der Waals surface area contributed by atoms with Gasteiger partial charge in [-0.25, -0.2) is 5.26 Å². The van der Waals surface area contributed by atoms with Crippen molar-refractivity contribution < 1.29 is 32.2 Å². The SMILES string of the molecule is CC1(C)C(/C=C/C2=C(c3ccc(N)cc3)C(=C/C=C3/N(CCCS(=O)(=O)O)c4ccc5ccccc5c4C3(C)C)/CCC2)=[N+](CCCSOOO)c2ccc3ccccc3c21. The fourth-order valence-corrected chi connectivity index (χ4v) is 10.8.